The summed E-state index contributed by atoms with van der Waals surface area (Å²) in [6.45, 7) is 5.13. The number of aromatic nitrogens is 2. The molecule has 7 heteroatoms. The summed E-state index contributed by atoms with van der Waals surface area (Å²) in [7, 11) is 1.65. The predicted octanol–water partition coefficient (Wildman–Crippen LogP) is 3.85. The van der Waals surface area contributed by atoms with Crippen LogP contribution in [0.1, 0.15) is 46.0 Å². The third-order valence-corrected chi connectivity index (χ3v) is 8.10. The van der Waals surface area contributed by atoms with Gasteiger partial charge >= 0.3 is 0 Å². The van der Waals surface area contributed by atoms with Gasteiger partial charge in [0.15, 0.2) is 5.16 Å². The Morgan fingerprint density at radius 3 is 2.81 bits per heavy atom. The average molecular weight is 444 g/mol. The van der Waals surface area contributed by atoms with Crippen molar-refractivity contribution in [3.63, 3.8) is 0 Å². The number of thioether (sulfide) groups is 1. The number of hydrogen-bond acceptors (Lipinski definition) is 5. The van der Waals surface area contributed by atoms with E-state index in [1.807, 2.05) is 25.1 Å². The zero-order valence-corrected chi connectivity index (χ0v) is 19.5. The molecule has 1 N–H and O–H groups in total. The molecule has 0 radical (unpaired) electrons. The Morgan fingerprint density at radius 1 is 1.29 bits per heavy atom. The fraction of sp³-hybridized carbons (Fsp3) is 0.625. The van der Waals surface area contributed by atoms with Crippen LogP contribution in [0.3, 0.4) is 0 Å². The maximum atomic E-state index is 13.1. The molecule has 4 rings (SSSR count). The molecule has 1 amide bonds. The largest absolute Gasteiger partial charge is 0.385 e. The van der Waals surface area contributed by atoms with Crippen LogP contribution in [0.15, 0.2) is 34.2 Å². The molecule has 6 nitrogen and oxygen atoms in total. The fourth-order valence-electron chi connectivity index (χ4n) is 5.37. The molecule has 2 bridgehead atoms. The van der Waals surface area contributed by atoms with Crippen LogP contribution in [0.4, 0.5) is 0 Å². The Morgan fingerprint density at radius 2 is 2.10 bits per heavy atom. The van der Waals surface area contributed by atoms with Gasteiger partial charge in [-0.1, -0.05) is 30.3 Å². The summed E-state index contributed by atoms with van der Waals surface area (Å²) in [5, 5.41) is 4.12. The first-order valence-electron chi connectivity index (χ1n) is 11.4. The van der Waals surface area contributed by atoms with E-state index in [0.717, 1.165) is 11.8 Å². The Bertz CT molecular complexity index is 992. The predicted molar refractivity (Wildman–Crippen MR) is 124 cm³/mol. The molecule has 2 aliphatic carbocycles. The highest BCUT2D eigenvalue weighted by atomic mass is 32.2. The number of para-hydroxylation sites is 1. The number of carbonyl (C=O) groups excluding carboxylic acids is 1. The molecule has 0 spiro atoms. The number of rotatable bonds is 9. The van der Waals surface area contributed by atoms with Crippen molar-refractivity contribution in [3.8, 4) is 0 Å². The quantitative estimate of drug-likeness (QED) is 0.362. The molecule has 5 unspecified atom stereocenters. The molecule has 5 atom stereocenters. The number of benzene rings is 1. The number of carbonyl (C=O) groups is 1. The Kier molecular flexibility index (Phi) is 7.02. The van der Waals surface area contributed by atoms with E-state index in [1.165, 1.54) is 37.4 Å². The highest BCUT2D eigenvalue weighted by Crippen LogP contribution is 2.49. The SMILES string of the molecule is COCCCn1c(SC(C)C(=O)NC(C)C2CC3CCC2C3)nc2ccccc2c1=O. The summed E-state index contributed by atoms with van der Waals surface area (Å²) in [4.78, 5) is 30.8. The van der Waals surface area contributed by atoms with E-state index in [1.54, 1.807) is 17.7 Å². The molecule has 2 fully saturated rings. The van der Waals surface area contributed by atoms with E-state index >= 15 is 0 Å². The van der Waals surface area contributed by atoms with Crippen LogP contribution in [0.25, 0.3) is 10.9 Å². The molecule has 168 valence electrons. The first-order chi connectivity index (χ1) is 15.0. The molecule has 1 aromatic heterocycles. The second kappa shape index (κ2) is 9.74. The summed E-state index contributed by atoms with van der Waals surface area (Å²) >= 11 is 1.36. The lowest BCUT2D eigenvalue weighted by molar-refractivity contribution is -0.121. The van der Waals surface area contributed by atoms with E-state index < -0.39 is 0 Å². The molecule has 31 heavy (non-hydrogen) atoms. The minimum absolute atomic E-state index is 0.0196. The molecule has 0 saturated heterocycles. The number of fused-ring (bicyclic) bond motifs is 3. The molecular formula is C24H33N3O3S. The maximum absolute atomic E-state index is 13.1. The topological polar surface area (TPSA) is 73.2 Å². The smallest absolute Gasteiger partial charge is 0.262 e. The van der Waals surface area contributed by atoms with Gasteiger partial charge in [-0.2, -0.15) is 0 Å². The average Bonchev–Trinajstić information content (AvgIpc) is 3.39. The standard InChI is InChI=1S/C24H33N3O3S/c1-15(20-14-17-9-10-18(20)13-17)25-22(28)16(2)31-24-26-21-8-5-4-7-19(21)23(29)27(24)11-6-12-30-3/h4-5,7-8,15-18,20H,6,9-14H2,1-3H3,(H,25,28). The molecule has 2 aliphatic rings. The van der Waals surface area contributed by atoms with Gasteiger partial charge < -0.3 is 10.1 Å². The number of methoxy groups -OCH3 is 1. The van der Waals surface area contributed by atoms with Crippen molar-refractivity contribution in [3.05, 3.63) is 34.6 Å². The second-order valence-electron chi connectivity index (χ2n) is 9.11. The van der Waals surface area contributed by atoms with Gasteiger partial charge in [0.1, 0.15) is 0 Å². The minimum Gasteiger partial charge on any atom is -0.385 e. The van der Waals surface area contributed by atoms with Gasteiger partial charge in [-0.15, -0.1) is 0 Å². The van der Waals surface area contributed by atoms with Crippen LogP contribution in [0.2, 0.25) is 0 Å². The lowest BCUT2D eigenvalue weighted by Gasteiger charge is -2.29. The van der Waals surface area contributed by atoms with Crippen molar-refractivity contribution >= 4 is 28.6 Å². The zero-order valence-electron chi connectivity index (χ0n) is 18.7. The monoisotopic (exact) mass is 443 g/mol. The Balaban J connectivity index is 1.48. The first kappa shape index (κ1) is 22.3. The van der Waals surface area contributed by atoms with Gasteiger partial charge in [-0.25, -0.2) is 4.98 Å². The summed E-state index contributed by atoms with van der Waals surface area (Å²) in [5.41, 5.74) is 0.605. The number of amides is 1. The summed E-state index contributed by atoms with van der Waals surface area (Å²) in [6.07, 6.45) is 5.98. The molecule has 0 aliphatic heterocycles. The van der Waals surface area contributed by atoms with Gasteiger partial charge in [0.05, 0.1) is 16.2 Å². The molecule has 2 saturated carbocycles. The van der Waals surface area contributed by atoms with Crippen LogP contribution in [-0.4, -0.2) is 40.5 Å². The third-order valence-electron chi connectivity index (χ3n) is 7.01. The van der Waals surface area contributed by atoms with Crippen molar-refractivity contribution in [2.45, 2.75) is 68.9 Å². The van der Waals surface area contributed by atoms with E-state index in [4.69, 9.17) is 9.72 Å². The van der Waals surface area contributed by atoms with Crippen molar-refractivity contribution in [2.75, 3.05) is 13.7 Å². The summed E-state index contributed by atoms with van der Waals surface area (Å²) < 4.78 is 6.85. The zero-order chi connectivity index (χ0) is 22.0. The number of hydrogen-bond donors (Lipinski definition) is 1. The van der Waals surface area contributed by atoms with E-state index in [0.29, 0.717) is 41.5 Å². The van der Waals surface area contributed by atoms with Crippen LogP contribution in [-0.2, 0) is 16.1 Å². The van der Waals surface area contributed by atoms with Crippen LogP contribution >= 0.6 is 11.8 Å². The lowest BCUT2D eigenvalue weighted by atomic mass is 9.84. The highest BCUT2D eigenvalue weighted by molar-refractivity contribution is 8.00. The van der Waals surface area contributed by atoms with Crippen LogP contribution < -0.4 is 10.9 Å². The van der Waals surface area contributed by atoms with Gasteiger partial charge in [0.2, 0.25) is 5.91 Å². The van der Waals surface area contributed by atoms with Crippen LogP contribution in [0.5, 0.6) is 0 Å². The van der Waals surface area contributed by atoms with Crippen molar-refractivity contribution in [1.29, 1.82) is 0 Å². The number of nitrogens with zero attached hydrogens (tertiary/aromatic N) is 2. The minimum atomic E-state index is -0.331. The Hall–Kier alpha value is -1.86. The molecule has 1 aromatic carbocycles. The summed E-state index contributed by atoms with van der Waals surface area (Å²) in [5.74, 6) is 2.26. The maximum Gasteiger partial charge on any atom is 0.262 e. The number of ether oxygens (including phenoxy) is 1. The van der Waals surface area contributed by atoms with Crippen LogP contribution in [0, 0.1) is 17.8 Å². The molecular weight excluding hydrogens is 410 g/mol. The fourth-order valence-corrected chi connectivity index (χ4v) is 6.31. The van der Waals surface area contributed by atoms with Gasteiger partial charge in [-0.3, -0.25) is 14.2 Å². The van der Waals surface area contributed by atoms with E-state index in [9.17, 15) is 9.59 Å². The second-order valence-corrected chi connectivity index (χ2v) is 10.4. The number of nitrogens with one attached hydrogen (secondary N) is 1. The van der Waals surface area contributed by atoms with Crippen molar-refractivity contribution < 1.29 is 9.53 Å². The molecule has 1 heterocycles. The van der Waals surface area contributed by atoms with E-state index in [2.05, 4.69) is 12.2 Å². The Labute approximate surface area is 188 Å². The van der Waals surface area contributed by atoms with Gasteiger partial charge in [0, 0.05) is 26.3 Å². The van der Waals surface area contributed by atoms with Crippen molar-refractivity contribution in [2.24, 2.45) is 17.8 Å². The highest BCUT2D eigenvalue weighted by Gasteiger charge is 2.42. The third kappa shape index (κ3) is 4.82. The lowest BCUT2D eigenvalue weighted by Crippen LogP contribution is -2.43. The van der Waals surface area contributed by atoms with E-state index in [-0.39, 0.29) is 22.8 Å². The van der Waals surface area contributed by atoms with Gasteiger partial charge in [-0.05, 0) is 69.4 Å². The van der Waals surface area contributed by atoms with Crippen molar-refractivity contribution in [1.82, 2.24) is 14.9 Å². The first-order valence-corrected chi connectivity index (χ1v) is 12.3. The molecule has 2 aromatic rings. The summed E-state index contributed by atoms with van der Waals surface area (Å²) in [6, 6.07) is 7.58. The van der Waals surface area contributed by atoms with Gasteiger partial charge in [0.25, 0.3) is 5.56 Å². The normalized spacial score (nSPS) is 24.4.